The van der Waals surface area contributed by atoms with Crippen LogP contribution < -0.4 is 16.2 Å². The minimum atomic E-state index is -0.911. The van der Waals surface area contributed by atoms with Crippen molar-refractivity contribution in [3.05, 3.63) is 80.0 Å². The monoisotopic (exact) mass is 1120 g/mol. The lowest BCUT2D eigenvalue weighted by Crippen LogP contribution is -2.50. The summed E-state index contributed by atoms with van der Waals surface area (Å²) in [4.78, 5) is 53.9. The molecule has 0 radical (unpaired) electrons. The molecule has 1 unspecified atom stereocenters. The smallest absolute Gasteiger partial charge is 0.410 e. The molecule has 1 heterocycles. The number of methoxy groups -OCH3 is 1. The number of nitrogens with one attached hydrogen (secondary N) is 1. The number of aromatic hydroxyl groups is 1. The summed E-state index contributed by atoms with van der Waals surface area (Å²) in [6.45, 7) is 1.73. The molecular formula is C33H36I4N4O8. The molecule has 3 aromatic rings. The van der Waals surface area contributed by atoms with Gasteiger partial charge in [-0.05, 0) is 132 Å². The van der Waals surface area contributed by atoms with Crippen molar-refractivity contribution in [1.29, 1.82) is 0 Å². The maximum Gasteiger partial charge on any atom is 0.410 e. The number of carbonyl (C=O) groups is 4. The van der Waals surface area contributed by atoms with Crippen molar-refractivity contribution >= 4 is 114 Å². The minimum Gasteiger partial charge on any atom is -0.506 e. The summed E-state index contributed by atoms with van der Waals surface area (Å²) in [5.74, 6) is 0.422. The number of phenols is 1. The molecule has 5 N–H and O–H groups in total. The number of hydrogen-bond acceptors (Lipinski definition) is 9. The van der Waals surface area contributed by atoms with Gasteiger partial charge < -0.3 is 40.6 Å². The van der Waals surface area contributed by atoms with Gasteiger partial charge in [0.25, 0.3) is 0 Å². The first-order valence-electron chi connectivity index (χ1n) is 14.9. The van der Waals surface area contributed by atoms with Crippen molar-refractivity contribution in [3.8, 4) is 17.2 Å². The second-order valence-corrected chi connectivity index (χ2v) is 15.5. The lowest BCUT2D eigenvalue weighted by molar-refractivity contribution is -0.145. The first-order valence-corrected chi connectivity index (χ1v) is 19.2. The largest absolute Gasteiger partial charge is 0.506 e. The Hall–Kier alpha value is -2.18. The van der Waals surface area contributed by atoms with E-state index in [1.165, 1.54) is 7.11 Å². The van der Waals surface area contributed by atoms with Crippen LogP contribution in [0.15, 0.2) is 54.6 Å². The first-order chi connectivity index (χ1) is 22.9. The lowest BCUT2D eigenvalue weighted by Gasteiger charge is -2.34. The van der Waals surface area contributed by atoms with Gasteiger partial charge in [0, 0.05) is 45.4 Å². The van der Waals surface area contributed by atoms with Crippen molar-refractivity contribution < 1.29 is 38.5 Å². The van der Waals surface area contributed by atoms with Gasteiger partial charge in [-0.3, -0.25) is 9.59 Å². The van der Waals surface area contributed by atoms with Gasteiger partial charge in [0.2, 0.25) is 11.8 Å². The SMILES string of the molecule is COC(=O)C(Cc1cc(I)c(Oc2cc(I)c(O)c(I)c2)c(I)c1)NC(=O)CCCC(=O)N1CCN(C(=O)OCc2ccccc2)CC1.N. The van der Waals surface area contributed by atoms with Crippen LogP contribution in [0.25, 0.3) is 0 Å². The highest BCUT2D eigenvalue weighted by molar-refractivity contribution is 14.1. The number of nitrogens with zero attached hydrogens (tertiary/aromatic N) is 2. The maximum atomic E-state index is 12.8. The third-order valence-corrected chi connectivity index (χ3v) is 10.7. The van der Waals surface area contributed by atoms with E-state index in [1.54, 1.807) is 21.9 Å². The van der Waals surface area contributed by atoms with Crippen LogP contribution in [0.4, 0.5) is 4.79 Å². The van der Waals surface area contributed by atoms with Gasteiger partial charge in [-0.25, -0.2) is 9.59 Å². The average molecular weight is 1120 g/mol. The standard InChI is InChI=1S/C33H33I4N3O8.H3N/c1-46-32(44)27(16-21-14-25(36)31(26(37)15-21)48-22-17-23(34)30(43)24(35)18-22)38-28(41)8-5-9-29(42)39-10-12-40(13-11-39)33(45)47-19-20-6-3-2-4-7-20;/h2-4,6-7,14-15,17-18,27,43H,5,8-13,16,19H2,1H3,(H,38,41);1H3. The Labute approximate surface area is 339 Å². The molecule has 3 aromatic carbocycles. The van der Waals surface area contributed by atoms with Gasteiger partial charge >= 0.3 is 12.1 Å². The van der Waals surface area contributed by atoms with Gasteiger partial charge in [0.05, 0.1) is 21.4 Å². The molecule has 16 heteroatoms. The molecule has 3 amide bonds. The Balaban J connectivity index is 0.00000650. The molecule has 0 aromatic heterocycles. The zero-order chi connectivity index (χ0) is 34.8. The first kappa shape index (κ1) is 41.2. The molecule has 1 atom stereocenters. The normalized spacial score (nSPS) is 13.2. The van der Waals surface area contributed by atoms with Crippen LogP contribution >= 0.6 is 90.4 Å². The van der Waals surface area contributed by atoms with Crippen LogP contribution in [0.3, 0.4) is 0 Å². The van der Waals surface area contributed by atoms with E-state index in [1.807, 2.05) is 87.6 Å². The van der Waals surface area contributed by atoms with Crippen molar-refractivity contribution in [1.82, 2.24) is 21.3 Å². The number of piperazine rings is 1. The molecule has 1 aliphatic heterocycles. The van der Waals surface area contributed by atoms with E-state index < -0.39 is 18.1 Å². The van der Waals surface area contributed by atoms with Gasteiger partial charge in [0.1, 0.15) is 24.1 Å². The Morgan fingerprint density at radius 3 is 2.02 bits per heavy atom. The molecule has 0 aliphatic carbocycles. The number of halogens is 4. The highest BCUT2D eigenvalue weighted by Gasteiger charge is 2.26. The second-order valence-electron chi connectivity index (χ2n) is 10.8. The molecule has 1 saturated heterocycles. The topological polar surface area (TPSA) is 170 Å². The summed E-state index contributed by atoms with van der Waals surface area (Å²) in [6, 6.07) is 15.8. The molecule has 12 nitrogen and oxygen atoms in total. The number of ether oxygens (including phenoxy) is 3. The van der Waals surface area contributed by atoms with Gasteiger partial charge in [0.15, 0.2) is 5.75 Å². The van der Waals surface area contributed by atoms with Crippen LogP contribution in [0.1, 0.15) is 30.4 Å². The fourth-order valence-corrected chi connectivity index (χ4v) is 8.72. The third kappa shape index (κ3) is 12.2. The minimum absolute atomic E-state index is 0. The van der Waals surface area contributed by atoms with Crippen LogP contribution in [0, 0.1) is 14.3 Å². The van der Waals surface area contributed by atoms with Crippen molar-refractivity contribution in [3.63, 3.8) is 0 Å². The molecule has 0 spiro atoms. The van der Waals surface area contributed by atoms with Gasteiger partial charge in [-0.2, -0.15) is 0 Å². The Kier molecular flexibility index (Phi) is 16.8. The lowest BCUT2D eigenvalue weighted by atomic mass is 10.1. The van der Waals surface area contributed by atoms with Crippen LogP contribution in [-0.2, 0) is 36.9 Å². The number of rotatable bonds is 12. The zero-order valence-electron chi connectivity index (χ0n) is 26.6. The number of phenolic OH excluding ortho intramolecular Hbond substituents is 1. The average Bonchev–Trinajstić information content (AvgIpc) is 3.07. The second kappa shape index (κ2) is 20.0. The number of carbonyl (C=O) groups excluding carboxylic acids is 4. The summed E-state index contributed by atoms with van der Waals surface area (Å²) < 4.78 is 19.5. The van der Waals surface area contributed by atoms with E-state index in [2.05, 4.69) is 50.5 Å². The maximum absolute atomic E-state index is 12.8. The molecule has 4 rings (SSSR count). The van der Waals surface area contributed by atoms with Crippen LogP contribution in [-0.4, -0.2) is 78.1 Å². The fourth-order valence-electron chi connectivity index (χ4n) is 4.89. The predicted octanol–water partition coefficient (Wildman–Crippen LogP) is 6.62. The molecule has 49 heavy (non-hydrogen) atoms. The van der Waals surface area contributed by atoms with E-state index in [0.29, 0.717) is 51.2 Å². The molecule has 1 aliphatic rings. The van der Waals surface area contributed by atoms with E-state index in [9.17, 15) is 24.3 Å². The summed E-state index contributed by atoms with van der Waals surface area (Å²) >= 11 is 8.43. The van der Waals surface area contributed by atoms with Gasteiger partial charge in [-0.1, -0.05) is 30.3 Å². The third-order valence-electron chi connectivity index (χ3n) is 7.42. The van der Waals surface area contributed by atoms with E-state index in [4.69, 9.17) is 14.2 Å². The number of hydrogen-bond donors (Lipinski definition) is 3. The van der Waals surface area contributed by atoms with Gasteiger partial charge in [-0.15, -0.1) is 0 Å². The summed E-state index contributed by atoms with van der Waals surface area (Å²) in [6.07, 6.45) is 0.351. The van der Waals surface area contributed by atoms with Crippen LogP contribution in [0.2, 0.25) is 0 Å². The van der Waals surface area contributed by atoms with Crippen LogP contribution in [0.5, 0.6) is 17.2 Å². The Morgan fingerprint density at radius 2 is 1.43 bits per heavy atom. The zero-order valence-corrected chi connectivity index (χ0v) is 35.2. The van der Waals surface area contributed by atoms with E-state index in [0.717, 1.165) is 18.3 Å². The van der Waals surface area contributed by atoms with Crippen molar-refractivity contribution in [2.24, 2.45) is 0 Å². The Morgan fingerprint density at radius 1 is 0.837 bits per heavy atom. The Bertz CT molecular complexity index is 1590. The number of amides is 3. The summed E-state index contributed by atoms with van der Waals surface area (Å²) in [7, 11) is 1.27. The highest BCUT2D eigenvalue weighted by Crippen LogP contribution is 2.37. The van der Waals surface area contributed by atoms with E-state index >= 15 is 0 Å². The quantitative estimate of drug-likeness (QED) is 0.133. The van der Waals surface area contributed by atoms with Crippen molar-refractivity contribution in [2.45, 2.75) is 38.3 Å². The molecule has 264 valence electrons. The molecule has 1 fully saturated rings. The molecule has 0 bridgehead atoms. The number of benzene rings is 3. The fraction of sp³-hybridized carbons (Fsp3) is 0.333. The van der Waals surface area contributed by atoms with Crippen molar-refractivity contribution in [2.75, 3.05) is 33.3 Å². The molecular weight excluding hydrogens is 1090 g/mol. The molecule has 0 saturated carbocycles. The summed E-state index contributed by atoms with van der Waals surface area (Å²) in [5, 5.41) is 12.8. The number of esters is 1. The van der Waals surface area contributed by atoms with E-state index in [-0.39, 0.29) is 49.6 Å². The highest BCUT2D eigenvalue weighted by atomic mass is 127. The summed E-state index contributed by atoms with van der Waals surface area (Å²) in [5.41, 5.74) is 1.71. The predicted molar refractivity (Wildman–Crippen MR) is 217 cm³/mol.